The lowest BCUT2D eigenvalue weighted by Gasteiger charge is -2.24. The van der Waals surface area contributed by atoms with E-state index in [1.54, 1.807) is 29.3 Å². The van der Waals surface area contributed by atoms with Crippen LogP contribution in [0.25, 0.3) is 0 Å². The van der Waals surface area contributed by atoms with Gasteiger partial charge < -0.3 is 15.3 Å². The van der Waals surface area contributed by atoms with Crippen LogP contribution in [0.15, 0.2) is 24.4 Å². The first kappa shape index (κ1) is 13.0. The molecule has 0 saturated carbocycles. The first-order chi connectivity index (χ1) is 8.81. The second-order valence-electron chi connectivity index (χ2n) is 4.48. The van der Waals surface area contributed by atoms with Gasteiger partial charge in [0.05, 0.1) is 6.61 Å². The van der Waals surface area contributed by atoms with Crippen LogP contribution in [0.5, 0.6) is 0 Å². The van der Waals surface area contributed by atoms with Gasteiger partial charge in [0.15, 0.2) is 0 Å². The maximum absolute atomic E-state index is 12.2. The summed E-state index contributed by atoms with van der Waals surface area (Å²) in [6.07, 6.45) is 3.84. The van der Waals surface area contributed by atoms with E-state index in [0.29, 0.717) is 24.8 Å². The zero-order valence-corrected chi connectivity index (χ0v) is 10.4. The van der Waals surface area contributed by atoms with Gasteiger partial charge in [-0.2, -0.15) is 0 Å². The molecule has 1 fully saturated rings. The fraction of sp³-hybridized carbons (Fsp3) is 0.538. The Balaban J connectivity index is 2.02. The van der Waals surface area contributed by atoms with Crippen LogP contribution in [0.2, 0.25) is 0 Å². The normalized spacial score (nSPS) is 18.8. The molecule has 2 rings (SSSR count). The minimum absolute atomic E-state index is 0.0225. The molecule has 2 N–H and O–H groups in total. The van der Waals surface area contributed by atoms with Crippen molar-refractivity contribution in [3.8, 4) is 0 Å². The molecular formula is C13H19N3O2. The summed E-state index contributed by atoms with van der Waals surface area (Å²) < 4.78 is 0. The minimum atomic E-state index is -0.113. The van der Waals surface area contributed by atoms with Crippen LogP contribution in [0.3, 0.4) is 0 Å². The van der Waals surface area contributed by atoms with Gasteiger partial charge in [-0.15, -0.1) is 0 Å². The molecule has 0 spiro atoms. The van der Waals surface area contributed by atoms with Gasteiger partial charge in [-0.05, 0) is 31.5 Å². The maximum Gasteiger partial charge on any atom is 0.272 e. The fourth-order valence-electron chi connectivity index (χ4n) is 2.23. The zero-order chi connectivity index (χ0) is 12.8. The van der Waals surface area contributed by atoms with E-state index < -0.39 is 0 Å². The Morgan fingerprint density at radius 2 is 2.44 bits per heavy atom. The highest BCUT2D eigenvalue weighted by Crippen LogP contribution is 2.09. The van der Waals surface area contributed by atoms with Crippen molar-refractivity contribution >= 4 is 5.91 Å². The lowest BCUT2D eigenvalue weighted by atomic mass is 10.2. The predicted octanol–water partition coefficient (Wildman–Crippen LogP) is 0.268. The summed E-state index contributed by atoms with van der Waals surface area (Å²) in [6, 6.07) is 5.62. The Morgan fingerprint density at radius 1 is 1.56 bits per heavy atom. The molecule has 0 aliphatic carbocycles. The van der Waals surface area contributed by atoms with E-state index in [-0.39, 0.29) is 12.5 Å². The molecule has 0 aromatic carbocycles. The van der Waals surface area contributed by atoms with Crippen molar-refractivity contribution in [2.45, 2.75) is 18.9 Å². The number of aliphatic hydroxyl groups is 1. The molecule has 18 heavy (non-hydrogen) atoms. The van der Waals surface area contributed by atoms with E-state index >= 15 is 0 Å². The van der Waals surface area contributed by atoms with Crippen molar-refractivity contribution in [2.24, 2.45) is 0 Å². The third-order valence-corrected chi connectivity index (χ3v) is 3.14. The van der Waals surface area contributed by atoms with Gasteiger partial charge >= 0.3 is 0 Å². The van der Waals surface area contributed by atoms with Crippen LogP contribution in [0, 0.1) is 0 Å². The third-order valence-electron chi connectivity index (χ3n) is 3.14. The molecule has 1 unspecified atom stereocenters. The number of aliphatic hydroxyl groups excluding tert-OH is 1. The van der Waals surface area contributed by atoms with Crippen molar-refractivity contribution < 1.29 is 9.90 Å². The fourth-order valence-corrected chi connectivity index (χ4v) is 2.23. The molecule has 0 radical (unpaired) electrons. The molecule has 2 heterocycles. The first-order valence-corrected chi connectivity index (χ1v) is 6.36. The number of nitrogens with zero attached hydrogens (tertiary/aromatic N) is 2. The first-order valence-electron chi connectivity index (χ1n) is 6.36. The highest BCUT2D eigenvalue weighted by molar-refractivity contribution is 5.92. The lowest BCUT2D eigenvalue weighted by molar-refractivity contribution is 0.0700. The van der Waals surface area contributed by atoms with Gasteiger partial charge in [-0.1, -0.05) is 6.07 Å². The molecule has 1 aliphatic rings. The van der Waals surface area contributed by atoms with E-state index in [1.807, 2.05) is 0 Å². The van der Waals surface area contributed by atoms with Crippen molar-refractivity contribution in [3.63, 3.8) is 0 Å². The standard InChI is InChI=1S/C13H19N3O2/c17-9-8-16(10-11-4-3-7-14-11)13(18)12-5-1-2-6-15-12/h1-2,5-6,11,14,17H,3-4,7-10H2. The Labute approximate surface area is 107 Å². The number of carbonyl (C=O) groups is 1. The largest absolute Gasteiger partial charge is 0.395 e. The summed E-state index contributed by atoms with van der Waals surface area (Å²) in [7, 11) is 0. The van der Waals surface area contributed by atoms with Gasteiger partial charge in [0.1, 0.15) is 5.69 Å². The zero-order valence-electron chi connectivity index (χ0n) is 10.4. The van der Waals surface area contributed by atoms with Gasteiger partial charge in [-0.25, -0.2) is 0 Å². The molecule has 1 saturated heterocycles. The second-order valence-corrected chi connectivity index (χ2v) is 4.48. The van der Waals surface area contributed by atoms with Crippen LogP contribution in [-0.4, -0.2) is 53.2 Å². The van der Waals surface area contributed by atoms with Crippen LogP contribution >= 0.6 is 0 Å². The number of pyridine rings is 1. The number of hydrogen-bond acceptors (Lipinski definition) is 4. The van der Waals surface area contributed by atoms with Crippen molar-refractivity contribution in [2.75, 3.05) is 26.2 Å². The summed E-state index contributed by atoms with van der Waals surface area (Å²) in [5.41, 5.74) is 0.434. The smallest absolute Gasteiger partial charge is 0.272 e. The molecule has 0 bridgehead atoms. The van der Waals surface area contributed by atoms with Crippen LogP contribution in [0.1, 0.15) is 23.3 Å². The summed E-state index contributed by atoms with van der Waals surface area (Å²) in [6.45, 7) is 1.98. The molecule has 1 atom stereocenters. The lowest BCUT2D eigenvalue weighted by Crippen LogP contribution is -2.42. The highest BCUT2D eigenvalue weighted by Gasteiger charge is 2.22. The van der Waals surface area contributed by atoms with E-state index in [1.165, 1.54) is 0 Å². The Morgan fingerprint density at radius 3 is 3.06 bits per heavy atom. The van der Waals surface area contributed by atoms with E-state index in [0.717, 1.165) is 19.4 Å². The Hall–Kier alpha value is -1.46. The van der Waals surface area contributed by atoms with Crippen molar-refractivity contribution in [3.05, 3.63) is 30.1 Å². The molecule has 1 aromatic heterocycles. The molecule has 1 amide bonds. The van der Waals surface area contributed by atoms with E-state index in [4.69, 9.17) is 5.11 Å². The SMILES string of the molecule is O=C(c1ccccn1)N(CCO)CC1CCCN1. The Kier molecular flexibility index (Phi) is 4.66. The summed E-state index contributed by atoms with van der Waals surface area (Å²) in [5.74, 6) is -0.113. The number of rotatable bonds is 5. The van der Waals surface area contributed by atoms with Gasteiger partial charge in [0.2, 0.25) is 0 Å². The van der Waals surface area contributed by atoms with Gasteiger partial charge in [0.25, 0.3) is 5.91 Å². The Bertz CT molecular complexity index is 377. The summed E-state index contributed by atoms with van der Waals surface area (Å²) >= 11 is 0. The third kappa shape index (κ3) is 3.27. The summed E-state index contributed by atoms with van der Waals surface area (Å²) in [4.78, 5) is 18.0. The average molecular weight is 249 g/mol. The van der Waals surface area contributed by atoms with Gasteiger partial charge in [-0.3, -0.25) is 9.78 Å². The van der Waals surface area contributed by atoms with Gasteiger partial charge in [0, 0.05) is 25.3 Å². The van der Waals surface area contributed by atoms with Crippen molar-refractivity contribution in [1.29, 1.82) is 0 Å². The second kappa shape index (κ2) is 6.47. The minimum Gasteiger partial charge on any atom is -0.395 e. The molecule has 5 heteroatoms. The maximum atomic E-state index is 12.2. The number of carbonyl (C=O) groups excluding carboxylic acids is 1. The number of aromatic nitrogens is 1. The monoisotopic (exact) mass is 249 g/mol. The number of hydrogen-bond donors (Lipinski definition) is 2. The van der Waals surface area contributed by atoms with Crippen LogP contribution in [0.4, 0.5) is 0 Å². The van der Waals surface area contributed by atoms with Crippen molar-refractivity contribution in [1.82, 2.24) is 15.2 Å². The topological polar surface area (TPSA) is 65.5 Å². The molecular weight excluding hydrogens is 230 g/mol. The summed E-state index contributed by atoms with van der Waals surface area (Å²) in [5, 5.41) is 12.4. The molecule has 1 aromatic rings. The van der Waals surface area contributed by atoms with Crippen LogP contribution in [-0.2, 0) is 0 Å². The van der Waals surface area contributed by atoms with E-state index in [9.17, 15) is 4.79 Å². The highest BCUT2D eigenvalue weighted by atomic mass is 16.3. The van der Waals surface area contributed by atoms with E-state index in [2.05, 4.69) is 10.3 Å². The number of nitrogens with one attached hydrogen (secondary N) is 1. The molecule has 5 nitrogen and oxygen atoms in total. The molecule has 1 aliphatic heterocycles. The number of amides is 1. The van der Waals surface area contributed by atoms with Crippen LogP contribution < -0.4 is 5.32 Å². The quantitative estimate of drug-likeness (QED) is 0.786. The predicted molar refractivity (Wildman–Crippen MR) is 68.3 cm³/mol. The average Bonchev–Trinajstić information content (AvgIpc) is 2.91. The molecule has 98 valence electrons.